The Hall–Kier alpha value is -2.30. The number of imidazole rings is 1. The third kappa shape index (κ3) is 4.16. The average Bonchev–Trinajstić information content (AvgIpc) is 2.96. The second kappa shape index (κ2) is 7.99. The van der Waals surface area contributed by atoms with Crippen LogP contribution in [0.1, 0.15) is 31.2 Å². The Kier molecular flexibility index (Phi) is 5.51. The molecule has 5 heteroatoms. The van der Waals surface area contributed by atoms with Crippen LogP contribution in [-0.4, -0.2) is 28.6 Å². The lowest BCUT2D eigenvalue weighted by Crippen LogP contribution is -2.31. The molecule has 0 spiro atoms. The van der Waals surface area contributed by atoms with Gasteiger partial charge in [0.25, 0.3) is 0 Å². The summed E-state index contributed by atoms with van der Waals surface area (Å²) in [5.41, 5.74) is 1.24. The molecule has 128 valence electrons. The molecule has 1 aliphatic rings. The molecule has 3 rings (SSSR count). The van der Waals surface area contributed by atoms with Gasteiger partial charge in [0.05, 0.1) is 6.61 Å². The molecule has 1 aromatic carbocycles. The van der Waals surface area contributed by atoms with E-state index in [0.717, 1.165) is 30.8 Å². The van der Waals surface area contributed by atoms with E-state index in [4.69, 9.17) is 4.74 Å². The normalized spacial score (nSPS) is 16.8. The van der Waals surface area contributed by atoms with Crippen LogP contribution in [-0.2, 0) is 24.2 Å². The van der Waals surface area contributed by atoms with E-state index in [1.807, 2.05) is 24.4 Å². The summed E-state index contributed by atoms with van der Waals surface area (Å²) in [6, 6.07) is 8.18. The second-order valence-corrected chi connectivity index (χ2v) is 6.26. The van der Waals surface area contributed by atoms with Crippen LogP contribution in [0.4, 0.5) is 0 Å². The van der Waals surface area contributed by atoms with Gasteiger partial charge < -0.3 is 14.6 Å². The van der Waals surface area contributed by atoms with Gasteiger partial charge in [0.2, 0.25) is 5.91 Å². The van der Waals surface area contributed by atoms with Crippen molar-refractivity contribution in [2.75, 3.05) is 13.2 Å². The molecule has 0 aliphatic carbocycles. The zero-order valence-electron chi connectivity index (χ0n) is 14.2. The summed E-state index contributed by atoms with van der Waals surface area (Å²) in [6.45, 7) is 4.18. The molecule has 1 aliphatic heterocycles. The summed E-state index contributed by atoms with van der Waals surface area (Å²) in [6.07, 6.45) is 7.03. The van der Waals surface area contributed by atoms with Gasteiger partial charge in [0.1, 0.15) is 11.6 Å². The Bertz CT molecular complexity index is 681. The van der Waals surface area contributed by atoms with Crippen LogP contribution in [0.2, 0.25) is 0 Å². The second-order valence-electron chi connectivity index (χ2n) is 6.26. The number of nitrogens with one attached hydrogen (secondary N) is 1. The lowest BCUT2D eigenvalue weighted by molar-refractivity contribution is -0.121. The standard InChI is InChI=1S/C19H25N3O2/c1-2-18-20-9-11-22(18)10-7-19(23)21-14-15-8-12-24-17-6-4-3-5-16(17)13-15/h3-6,9,11,15H,2,7-8,10,12-14H2,1H3,(H,21,23)/t15-/m1/s1. The molecule has 1 aromatic heterocycles. The smallest absolute Gasteiger partial charge is 0.221 e. The Morgan fingerprint density at radius 2 is 2.29 bits per heavy atom. The summed E-state index contributed by atoms with van der Waals surface area (Å²) < 4.78 is 7.84. The first-order valence-corrected chi connectivity index (χ1v) is 8.73. The number of para-hydroxylation sites is 1. The largest absolute Gasteiger partial charge is 0.493 e. The number of ether oxygens (including phenoxy) is 1. The molecule has 5 nitrogen and oxygen atoms in total. The van der Waals surface area contributed by atoms with Crippen LogP contribution in [0, 0.1) is 5.92 Å². The highest BCUT2D eigenvalue weighted by atomic mass is 16.5. The van der Waals surface area contributed by atoms with Crippen LogP contribution < -0.4 is 10.1 Å². The number of carbonyl (C=O) groups is 1. The van der Waals surface area contributed by atoms with E-state index in [0.29, 0.717) is 32.0 Å². The van der Waals surface area contributed by atoms with Crippen LogP contribution in [0.25, 0.3) is 0 Å². The number of benzene rings is 1. The maximum Gasteiger partial charge on any atom is 0.221 e. The van der Waals surface area contributed by atoms with Gasteiger partial charge >= 0.3 is 0 Å². The van der Waals surface area contributed by atoms with Gasteiger partial charge in [-0.25, -0.2) is 4.98 Å². The quantitative estimate of drug-likeness (QED) is 0.887. The summed E-state index contributed by atoms with van der Waals surface area (Å²) in [5, 5.41) is 3.08. The zero-order valence-corrected chi connectivity index (χ0v) is 14.2. The first-order valence-electron chi connectivity index (χ1n) is 8.73. The first-order chi connectivity index (χ1) is 11.8. The van der Waals surface area contributed by atoms with Crippen molar-refractivity contribution in [1.29, 1.82) is 0 Å². The Labute approximate surface area is 143 Å². The molecule has 1 amide bonds. The lowest BCUT2D eigenvalue weighted by Gasteiger charge is -2.15. The molecule has 0 saturated carbocycles. The SMILES string of the molecule is CCc1nccn1CCC(=O)NC[C@@H]1CCOc2ccccc2C1. The number of rotatable bonds is 6. The van der Waals surface area contributed by atoms with Crippen molar-refractivity contribution in [2.24, 2.45) is 5.92 Å². The van der Waals surface area contributed by atoms with Crippen LogP contribution in [0.5, 0.6) is 5.75 Å². The van der Waals surface area contributed by atoms with Crippen molar-refractivity contribution in [3.8, 4) is 5.75 Å². The number of hydrogen-bond donors (Lipinski definition) is 1. The van der Waals surface area contributed by atoms with E-state index in [9.17, 15) is 4.79 Å². The molecule has 0 bridgehead atoms. The third-order valence-electron chi connectivity index (χ3n) is 4.55. The molecule has 0 unspecified atom stereocenters. The fourth-order valence-electron chi connectivity index (χ4n) is 3.16. The van der Waals surface area contributed by atoms with E-state index in [1.165, 1.54) is 5.56 Å². The Balaban J connectivity index is 1.46. The molecule has 2 aromatic rings. The minimum absolute atomic E-state index is 0.101. The summed E-state index contributed by atoms with van der Waals surface area (Å²) in [4.78, 5) is 16.4. The van der Waals surface area contributed by atoms with Crippen LogP contribution in [0.15, 0.2) is 36.7 Å². The van der Waals surface area contributed by atoms with Crippen LogP contribution >= 0.6 is 0 Å². The van der Waals surface area contributed by atoms with Crippen molar-refractivity contribution >= 4 is 5.91 Å². The highest BCUT2D eigenvalue weighted by Gasteiger charge is 2.18. The maximum atomic E-state index is 12.1. The molecular weight excluding hydrogens is 302 g/mol. The van der Waals surface area contributed by atoms with Crippen molar-refractivity contribution < 1.29 is 9.53 Å². The molecule has 2 heterocycles. The molecule has 24 heavy (non-hydrogen) atoms. The van der Waals surface area contributed by atoms with Gasteiger partial charge in [-0.2, -0.15) is 0 Å². The van der Waals surface area contributed by atoms with Crippen molar-refractivity contribution in [2.45, 2.75) is 39.2 Å². The van der Waals surface area contributed by atoms with Crippen molar-refractivity contribution in [3.05, 3.63) is 48.0 Å². The fourth-order valence-corrected chi connectivity index (χ4v) is 3.16. The molecule has 0 radical (unpaired) electrons. The van der Waals surface area contributed by atoms with E-state index in [2.05, 4.69) is 27.9 Å². The summed E-state index contributed by atoms with van der Waals surface area (Å²) >= 11 is 0. The monoisotopic (exact) mass is 327 g/mol. The lowest BCUT2D eigenvalue weighted by atomic mass is 9.97. The fraction of sp³-hybridized carbons (Fsp3) is 0.474. The van der Waals surface area contributed by atoms with Gasteiger partial charge in [-0.1, -0.05) is 25.1 Å². The van der Waals surface area contributed by atoms with E-state index in [-0.39, 0.29) is 5.91 Å². The predicted octanol–water partition coefficient (Wildman–Crippen LogP) is 2.59. The Morgan fingerprint density at radius 1 is 1.42 bits per heavy atom. The maximum absolute atomic E-state index is 12.1. The topological polar surface area (TPSA) is 56.2 Å². The number of carbonyl (C=O) groups excluding carboxylic acids is 1. The molecule has 0 saturated heterocycles. The van der Waals surface area contributed by atoms with Gasteiger partial charge in [-0.15, -0.1) is 0 Å². The van der Waals surface area contributed by atoms with Gasteiger partial charge in [-0.05, 0) is 30.4 Å². The molecular formula is C19H25N3O2. The first kappa shape index (κ1) is 16.6. The minimum Gasteiger partial charge on any atom is -0.493 e. The number of hydrogen-bond acceptors (Lipinski definition) is 3. The number of nitrogens with zero attached hydrogens (tertiary/aromatic N) is 2. The minimum atomic E-state index is 0.101. The number of amides is 1. The molecule has 0 fully saturated rings. The Morgan fingerprint density at radius 3 is 3.17 bits per heavy atom. The van der Waals surface area contributed by atoms with Crippen molar-refractivity contribution in [1.82, 2.24) is 14.9 Å². The molecule has 1 N–H and O–H groups in total. The molecule has 1 atom stereocenters. The number of aryl methyl sites for hydroxylation is 2. The predicted molar refractivity (Wildman–Crippen MR) is 93.0 cm³/mol. The average molecular weight is 327 g/mol. The van der Waals surface area contributed by atoms with Gasteiger partial charge in [-0.3, -0.25) is 4.79 Å². The van der Waals surface area contributed by atoms with E-state index >= 15 is 0 Å². The number of fused-ring (bicyclic) bond motifs is 1. The van der Waals surface area contributed by atoms with Gasteiger partial charge in [0.15, 0.2) is 0 Å². The number of aromatic nitrogens is 2. The third-order valence-corrected chi connectivity index (χ3v) is 4.55. The highest BCUT2D eigenvalue weighted by Crippen LogP contribution is 2.26. The van der Waals surface area contributed by atoms with Crippen molar-refractivity contribution in [3.63, 3.8) is 0 Å². The van der Waals surface area contributed by atoms with Gasteiger partial charge in [0, 0.05) is 38.3 Å². The zero-order chi connectivity index (χ0) is 16.8. The van der Waals surface area contributed by atoms with E-state index in [1.54, 1.807) is 6.20 Å². The van der Waals surface area contributed by atoms with E-state index < -0.39 is 0 Å². The summed E-state index contributed by atoms with van der Waals surface area (Å²) in [5.74, 6) is 2.54. The highest BCUT2D eigenvalue weighted by molar-refractivity contribution is 5.75. The summed E-state index contributed by atoms with van der Waals surface area (Å²) in [7, 11) is 0. The van der Waals surface area contributed by atoms with Crippen LogP contribution in [0.3, 0.4) is 0 Å².